The Balaban J connectivity index is 1.30. The van der Waals surface area contributed by atoms with Gasteiger partial charge in [0.15, 0.2) is 0 Å². The summed E-state index contributed by atoms with van der Waals surface area (Å²) in [6.07, 6.45) is 1.55. The lowest BCUT2D eigenvalue weighted by molar-refractivity contribution is -0.197. The smallest absolute Gasteiger partial charge is 0.345 e. The number of amides is 2. The van der Waals surface area contributed by atoms with E-state index in [1.165, 1.54) is 12.1 Å². The summed E-state index contributed by atoms with van der Waals surface area (Å²) in [6.45, 7) is 2.78. The lowest BCUT2D eigenvalue weighted by atomic mass is 10.1. The van der Waals surface area contributed by atoms with Gasteiger partial charge in [-0.3, -0.25) is 18.7 Å². The highest BCUT2D eigenvalue weighted by molar-refractivity contribution is 7.89. The van der Waals surface area contributed by atoms with Crippen molar-refractivity contribution in [3.8, 4) is 10.4 Å². The van der Waals surface area contributed by atoms with E-state index in [2.05, 4.69) is 4.72 Å². The highest BCUT2D eigenvalue weighted by atomic mass is 32.3. The van der Waals surface area contributed by atoms with E-state index in [1.54, 1.807) is 12.1 Å². The minimum absolute atomic E-state index is 0.00336. The number of rotatable bonds is 17. The Hall–Kier alpha value is -3.73. The number of carbonyl (C=O) groups is 3. The number of sulfonamides is 1. The Morgan fingerprint density at radius 3 is 2.29 bits per heavy atom. The van der Waals surface area contributed by atoms with Crippen LogP contribution in [0.3, 0.4) is 0 Å². The van der Waals surface area contributed by atoms with E-state index in [0.717, 1.165) is 0 Å². The van der Waals surface area contributed by atoms with Crippen LogP contribution in [0.25, 0.3) is 21.4 Å². The summed E-state index contributed by atoms with van der Waals surface area (Å²) in [5.74, 6) is -2.02. The fraction of sp³-hybridized carbons (Fsp3) is 0.429. The van der Waals surface area contributed by atoms with Crippen LogP contribution in [-0.4, -0.2) is 82.6 Å². The summed E-state index contributed by atoms with van der Waals surface area (Å²) in [6, 6.07) is 6.57. The van der Waals surface area contributed by atoms with Crippen molar-refractivity contribution < 1.29 is 58.0 Å². The molecule has 3 N–H and O–H groups in total. The number of anilines is 1. The Bertz CT molecular complexity index is 2130. The molecule has 1 aliphatic rings. The van der Waals surface area contributed by atoms with Crippen molar-refractivity contribution in [2.24, 2.45) is 0 Å². The Morgan fingerprint density at radius 2 is 1.65 bits per heavy atom. The first-order valence-corrected chi connectivity index (χ1v) is 20.2. The molecule has 0 bridgehead atoms. The monoisotopic (exact) mass is 763 g/mol. The second-order valence-electron chi connectivity index (χ2n) is 10.9. The average molecular weight is 764 g/mol. The Labute approximate surface area is 285 Å². The number of nitrogens with one attached hydrogen (secondary N) is 1. The summed E-state index contributed by atoms with van der Waals surface area (Å²) in [5.41, 5.74) is -0.691. The molecule has 0 saturated carbocycles. The van der Waals surface area contributed by atoms with Crippen LogP contribution in [0.1, 0.15) is 51.9 Å². The second kappa shape index (κ2) is 15.4. The first-order valence-electron chi connectivity index (χ1n) is 14.9. The van der Waals surface area contributed by atoms with Crippen molar-refractivity contribution in [3.63, 3.8) is 0 Å². The zero-order valence-corrected chi connectivity index (χ0v) is 29.3. The van der Waals surface area contributed by atoms with Gasteiger partial charge in [0.2, 0.25) is 10.0 Å². The molecule has 3 aromatic rings. The lowest BCUT2D eigenvalue weighted by Crippen LogP contribution is -2.32. The summed E-state index contributed by atoms with van der Waals surface area (Å²) in [7, 11) is -13.4. The van der Waals surface area contributed by atoms with Crippen molar-refractivity contribution in [3.05, 3.63) is 40.8 Å². The van der Waals surface area contributed by atoms with Gasteiger partial charge in [-0.15, -0.1) is 16.4 Å². The molecule has 17 nitrogen and oxygen atoms in total. The van der Waals surface area contributed by atoms with Crippen LogP contribution in [0, 0.1) is 0 Å². The number of hydroxylamine groups is 2. The van der Waals surface area contributed by atoms with Crippen molar-refractivity contribution in [1.82, 2.24) is 9.79 Å². The number of benzene rings is 1. The third kappa shape index (κ3) is 9.93. The standard InChI is InChI=1S/C28H33N3O14S4/c1-2-30(13-6-14-47(36,37)29-12-5-3-4-7-25(34)45-31-23(32)10-11-24(31)33)19-9-8-18-15-20(28(35)44-21(18)16-19)27-22(48(38,39)40)17-26(46-27)49(41,42)43/h8-9,15-17,29H,2-7,10-14H2,1H3,(H,38,39,40)(H,41,42,43). The molecule has 1 saturated heterocycles. The Morgan fingerprint density at radius 1 is 0.959 bits per heavy atom. The quantitative estimate of drug-likeness (QED) is 0.0772. The molecule has 21 heteroatoms. The van der Waals surface area contributed by atoms with E-state index in [-0.39, 0.29) is 60.5 Å². The van der Waals surface area contributed by atoms with Gasteiger partial charge in [0, 0.05) is 56.0 Å². The normalized spacial score (nSPS) is 14.1. The van der Waals surface area contributed by atoms with E-state index in [4.69, 9.17) is 9.25 Å². The number of unbranched alkanes of at least 4 members (excludes halogenated alkanes) is 2. The van der Waals surface area contributed by atoms with Gasteiger partial charge >= 0.3 is 21.7 Å². The second-order valence-corrected chi connectivity index (χ2v) is 16.9. The van der Waals surface area contributed by atoms with Gasteiger partial charge in [-0.25, -0.2) is 22.7 Å². The zero-order valence-electron chi connectivity index (χ0n) is 26.0. The van der Waals surface area contributed by atoms with E-state index in [0.29, 0.717) is 54.6 Å². The van der Waals surface area contributed by atoms with Gasteiger partial charge in [-0.2, -0.15) is 16.8 Å². The van der Waals surface area contributed by atoms with Crippen LogP contribution in [0.5, 0.6) is 0 Å². The molecule has 0 radical (unpaired) electrons. The molecule has 2 amide bonds. The number of nitrogens with zero attached hydrogens (tertiary/aromatic N) is 2. The predicted molar refractivity (Wildman–Crippen MR) is 175 cm³/mol. The first kappa shape index (κ1) is 38.1. The van der Waals surface area contributed by atoms with Crippen molar-refractivity contribution in [1.29, 1.82) is 0 Å². The molecule has 2 aromatic heterocycles. The van der Waals surface area contributed by atoms with Crippen LogP contribution in [-0.2, 0) is 49.5 Å². The molecule has 49 heavy (non-hydrogen) atoms. The fourth-order valence-corrected chi connectivity index (χ4v) is 8.94. The summed E-state index contributed by atoms with van der Waals surface area (Å²) in [4.78, 5) is 53.0. The van der Waals surface area contributed by atoms with Gasteiger partial charge < -0.3 is 14.2 Å². The van der Waals surface area contributed by atoms with E-state index >= 15 is 0 Å². The van der Waals surface area contributed by atoms with Crippen LogP contribution >= 0.6 is 11.3 Å². The molecular formula is C28H33N3O14S4. The highest BCUT2D eigenvalue weighted by Crippen LogP contribution is 2.37. The molecule has 4 rings (SSSR count). The molecule has 1 aliphatic heterocycles. The number of carbonyl (C=O) groups excluding carboxylic acids is 3. The third-order valence-electron chi connectivity index (χ3n) is 7.34. The van der Waals surface area contributed by atoms with E-state index in [1.807, 2.05) is 11.8 Å². The van der Waals surface area contributed by atoms with Crippen LogP contribution in [0.2, 0.25) is 0 Å². The number of fused-ring (bicyclic) bond motifs is 1. The molecule has 0 atom stereocenters. The molecule has 3 heterocycles. The SMILES string of the molecule is CCN(CCCS(=O)(=O)NCCCCCC(=O)ON1C(=O)CCC1=O)c1ccc2cc(-c3sc(S(=O)(=O)O)cc3S(=O)(=O)O)c(=O)oc2c1. The molecular weight excluding hydrogens is 731 g/mol. The van der Waals surface area contributed by atoms with Gasteiger partial charge in [-0.05, 0) is 50.5 Å². The van der Waals surface area contributed by atoms with Gasteiger partial charge in [-0.1, -0.05) is 6.42 Å². The molecule has 0 aliphatic carbocycles. The molecule has 0 unspecified atom stereocenters. The lowest BCUT2D eigenvalue weighted by Gasteiger charge is -2.23. The van der Waals surface area contributed by atoms with Gasteiger partial charge in [0.05, 0.1) is 16.2 Å². The minimum Gasteiger partial charge on any atom is -0.422 e. The summed E-state index contributed by atoms with van der Waals surface area (Å²) < 4.78 is 98.0. The van der Waals surface area contributed by atoms with Crippen LogP contribution < -0.4 is 15.2 Å². The maximum atomic E-state index is 12.9. The first-order chi connectivity index (χ1) is 22.9. The number of imide groups is 1. The molecule has 1 fully saturated rings. The summed E-state index contributed by atoms with van der Waals surface area (Å²) >= 11 is 0.269. The third-order valence-corrected chi connectivity index (χ3v) is 12.3. The van der Waals surface area contributed by atoms with E-state index < -0.39 is 67.7 Å². The maximum Gasteiger partial charge on any atom is 0.345 e. The fourth-order valence-electron chi connectivity index (χ4n) is 4.91. The molecule has 0 spiro atoms. The predicted octanol–water partition coefficient (Wildman–Crippen LogP) is 2.32. The number of hydrogen-bond donors (Lipinski definition) is 3. The zero-order chi connectivity index (χ0) is 36.1. The highest BCUT2D eigenvalue weighted by Gasteiger charge is 2.32. The number of thiophene rings is 1. The Kier molecular flexibility index (Phi) is 12.0. The van der Waals surface area contributed by atoms with Crippen molar-refractivity contribution >= 4 is 76.0 Å². The largest absolute Gasteiger partial charge is 0.422 e. The van der Waals surface area contributed by atoms with Crippen molar-refractivity contribution in [2.45, 2.75) is 61.0 Å². The van der Waals surface area contributed by atoms with Crippen molar-refractivity contribution in [2.75, 3.05) is 30.3 Å². The summed E-state index contributed by atoms with van der Waals surface area (Å²) in [5, 5.41) is 0.814. The maximum absolute atomic E-state index is 12.9. The minimum atomic E-state index is -4.98. The topological polar surface area (TPSA) is 252 Å². The van der Waals surface area contributed by atoms with Crippen LogP contribution in [0.15, 0.2) is 48.6 Å². The van der Waals surface area contributed by atoms with Gasteiger partial charge in [0.1, 0.15) is 14.7 Å². The molecule has 268 valence electrons. The van der Waals surface area contributed by atoms with E-state index in [9.17, 15) is 53.5 Å². The van der Waals surface area contributed by atoms with Crippen LogP contribution in [0.4, 0.5) is 5.69 Å². The average Bonchev–Trinajstić information content (AvgIpc) is 3.61. The number of hydrogen-bond acceptors (Lipinski definition) is 14. The molecule has 1 aromatic carbocycles. The van der Waals surface area contributed by atoms with Gasteiger partial charge in [0.25, 0.3) is 21.9 Å².